The zero-order chi connectivity index (χ0) is 27.7. The Morgan fingerprint density at radius 2 is 1.72 bits per heavy atom. The van der Waals surface area contributed by atoms with Gasteiger partial charge in [0, 0.05) is 12.1 Å². The van der Waals surface area contributed by atoms with Crippen molar-refractivity contribution in [3.05, 3.63) is 110 Å². The summed E-state index contributed by atoms with van der Waals surface area (Å²) in [6, 6.07) is 19.3. The van der Waals surface area contributed by atoms with Crippen LogP contribution in [0.3, 0.4) is 0 Å². The number of anilines is 1. The van der Waals surface area contributed by atoms with Gasteiger partial charge in [-0.2, -0.15) is 0 Å². The van der Waals surface area contributed by atoms with Gasteiger partial charge in [-0.1, -0.05) is 41.9 Å². The molecule has 1 aliphatic rings. The zero-order valence-electron chi connectivity index (χ0n) is 20.0. The maximum absolute atomic E-state index is 14.2. The van der Waals surface area contributed by atoms with Crippen molar-refractivity contribution < 1.29 is 28.7 Å². The van der Waals surface area contributed by atoms with Crippen LogP contribution in [0.15, 0.2) is 72.8 Å². The molecule has 0 atom stereocenters. The van der Waals surface area contributed by atoms with Gasteiger partial charge < -0.3 is 15.7 Å². The highest BCUT2D eigenvalue weighted by molar-refractivity contribution is 7.18. The van der Waals surface area contributed by atoms with Gasteiger partial charge in [0.25, 0.3) is 17.7 Å². The van der Waals surface area contributed by atoms with Gasteiger partial charge in [0.1, 0.15) is 5.82 Å². The first kappa shape index (κ1) is 26.1. The Hall–Kier alpha value is -4.54. The Morgan fingerprint density at radius 1 is 0.949 bits per heavy atom. The van der Waals surface area contributed by atoms with Crippen molar-refractivity contribution >= 4 is 52.4 Å². The summed E-state index contributed by atoms with van der Waals surface area (Å²) in [6.45, 7) is -0.217. The molecule has 11 heteroatoms. The van der Waals surface area contributed by atoms with E-state index in [1.807, 2.05) is 0 Å². The van der Waals surface area contributed by atoms with E-state index in [2.05, 4.69) is 10.6 Å². The van der Waals surface area contributed by atoms with Crippen LogP contribution in [0.5, 0.6) is 0 Å². The van der Waals surface area contributed by atoms with Gasteiger partial charge >= 0.3 is 6.09 Å². The molecule has 4 amide bonds. The number of amides is 4. The number of nitrogens with one attached hydrogen (secondary N) is 2. The second kappa shape index (κ2) is 10.7. The standard InChI is InChI=1S/C28H19ClFN3O5S/c29-23-10-9-22(39-23)25(34)32-21-6-2-5-19-24(21)27(36)33(26(19)35)14-15-3-1-4-16(11-15)17-7-8-20(30)18(12-17)13-31-28(37)38/h1-12,31H,13-14H2,(H,32,34)(H,37,38). The predicted octanol–water partition coefficient (Wildman–Crippen LogP) is 6.02. The lowest BCUT2D eigenvalue weighted by Gasteiger charge is -2.15. The van der Waals surface area contributed by atoms with Crippen LogP contribution < -0.4 is 10.6 Å². The van der Waals surface area contributed by atoms with Crippen LogP contribution in [0.1, 0.15) is 41.5 Å². The lowest BCUT2D eigenvalue weighted by molar-refractivity contribution is 0.0642. The van der Waals surface area contributed by atoms with Crippen molar-refractivity contribution in [2.45, 2.75) is 13.1 Å². The molecule has 0 aliphatic carbocycles. The van der Waals surface area contributed by atoms with Crippen molar-refractivity contribution in [2.75, 3.05) is 5.32 Å². The van der Waals surface area contributed by atoms with E-state index >= 15 is 0 Å². The SMILES string of the molecule is O=C(O)NCc1cc(-c2cccc(CN3C(=O)c4cccc(NC(=O)c5ccc(Cl)s5)c4C3=O)c2)ccc1F. The lowest BCUT2D eigenvalue weighted by Crippen LogP contribution is -2.29. The third kappa shape index (κ3) is 5.38. The molecule has 3 N–H and O–H groups in total. The predicted molar refractivity (Wildman–Crippen MR) is 145 cm³/mol. The lowest BCUT2D eigenvalue weighted by atomic mass is 10.0. The monoisotopic (exact) mass is 563 g/mol. The maximum Gasteiger partial charge on any atom is 0.404 e. The van der Waals surface area contributed by atoms with E-state index in [0.717, 1.165) is 16.2 Å². The number of carbonyl (C=O) groups is 4. The van der Waals surface area contributed by atoms with E-state index in [1.165, 1.54) is 12.1 Å². The van der Waals surface area contributed by atoms with Crippen LogP contribution in [0.4, 0.5) is 14.9 Å². The van der Waals surface area contributed by atoms with E-state index in [4.69, 9.17) is 16.7 Å². The minimum absolute atomic E-state index is 0.0251. The van der Waals surface area contributed by atoms with Gasteiger partial charge in [-0.25, -0.2) is 9.18 Å². The number of fused-ring (bicyclic) bond motifs is 1. The molecule has 3 aromatic carbocycles. The Kier molecular flexibility index (Phi) is 7.14. The van der Waals surface area contributed by atoms with E-state index < -0.39 is 29.6 Å². The van der Waals surface area contributed by atoms with Crippen molar-refractivity contribution in [1.82, 2.24) is 10.2 Å². The van der Waals surface area contributed by atoms with E-state index in [9.17, 15) is 23.6 Å². The van der Waals surface area contributed by atoms with Crippen molar-refractivity contribution in [1.29, 1.82) is 0 Å². The summed E-state index contributed by atoms with van der Waals surface area (Å²) in [5.41, 5.74) is 2.70. The number of halogens is 2. The first-order chi connectivity index (χ1) is 18.7. The topological polar surface area (TPSA) is 116 Å². The van der Waals surface area contributed by atoms with Gasteiger partial charge in [-0.3, -0.25) is 19.3 Å². The van der Waals surface area contributed by atoms with Gasteiger partial charge in [-0.05, 0) is 59.2 Å². The molecule has 0 bridgehead atoms. The number of carbonyl (C=O) groups excluding carboxylic acids is 3. The highest BCUT2D eigenvalue weighted by Gasteiger charge is 2.37. The largest absolute Gasteiger partial charge is 0.465 e. The molecule has 0 saturated heterocycles. The quantitative estimate of drug-likeness (QED) is 0.238. The number of imide groups is 1. The Bertz CT molecular complexity index is 1650. The summed E-state index contributed by atoms with van der Waals surface area (Å²) in [6.07, 6.45) is -1.26. The first-order valence-electron chi connectivity index (χ1n) is 11.6. The normalized spacial score (nSPS) is 12.4. The fourth-order valence-electron chi connectivity index (χ4n) is 4.29. The molecule has 8 nitrogen and oxygen atoms in total. The molecule has 0 spiro atoms. The molecule has 0 saturated carbocycles. The minimum atomic E-state index is -1.26. The first-order valence-corrected chi connectivity index (χ1v) is 12.8. The molecule has 0 fully saturated rings. The van der Waals surface area contributed by atoms with Crippen LogP contribution >= 0.6 is 22.9 Å². The van der Waals surface area contributed by atoms with Gasteiger partial charge in [-0.15, -0.1) is 11.3 Å². The average molecular weight is 564 g/mol. The van der Waals surface area contributed by atoms with Crippen LogP contribution in [0.2, 0.25) is 4.34 Å². The van der Waals surface area contributed by atoms with E-state index in [-0.39, 0.29) is 35.5 Å². The number of nitrogens with zero attached hydrogens (tertiary/aromatic N) is 1. The second-order valence-electron chi connectivity index (χ2n) is 8.65. The van der Waals surface area contributed by atoms with Crippen molar-refractivity contribution in [3.8, 4) is 11.1 Å². The summed E-state index contributed by atoms with van der Waals surface area (Å²) in [4.78, 5) is 51.5. The molecule has 5 rings (SSSR count). The number of thiophene rings is 1. The fourth-order valence-corrected chi connectivity index (χ4v) is 5.23. The number of hydrogen-bond acceptors (Lipinski definition) is 5. The Labute approximate surface area is 230 Å². The number of carboxylic acid groups (broad SMARTS) is 1. The Morgan fingerprint density at radius 3 is 2.46 bits per heavy atom. The third-order valence-electron chi connectivity index (χ3n) is 6.12. The second-order valence-corrected chi connectivity index (χ2v) is 10.4. The molecular formula is C28H19ClFN3O5S. The minimum Gasteiger partial charge on any atom is -0.465 e. The van der Waals surface area contributed by atoms with Gasteiger partial charge in [0.15, 0.2) is 0 Å². The maximum atomic E-state index is 14.2. The van der Waals surface area contributed by atoms with Crippen molar-refractivity contribution in [2.24, 2.45) is 0 Å². The summed E-state index contributed by atoms with van der Waals surface area (Å²) >= 11 is 7.02. The van der Waals surface area contributed by atoms with Gasteiger partial charge in [0.05, 0.1) is 32.6 Å². The summed E-state index contributed by atoms with van der Waals surface area (Å²) < 4.78 is 14.6. The van der Waals surface area contributed by atoms with Crippen molar-refractivity contribution in [3.63, 3.8) is 0 Å². The number of benzene rings is 3. The smallest absolute Gasteiger partial charge is 0.404 e. The van der Waals surface area contributed by atoms with Crippen LogP contribution in [-0.4, -0.2) is 33.8 Å². The number of hydrogen-bond donors (Lipinski definition) is 3. The highest BCUT2D eigenvalue weighted by Crippen LogP contribution is 2.32. The van der Waals surface area contributed by atoms with E-state index in [0.29, 0.717) is 25.9 Å². The number of rotatable bonds is 7. The molecule has 4 aromatic rings. The molecule has 1 aromatic heterocycles. The molecular weight excluding hydrogens is 545 g/mol. The van der Waals surface area contributed by atoms with Crippen LogP contribution in [0, 0.1) is 5.82 Å². The molecule has 39 heavy (non-hydrogen) atoms. The fraction of sp³-hybridized carbons (Fsp3) is 0.0714. The summed E-state index contributed by atoms with van der Waals surface area (Å²) in [5, 5.41) is 13.7. The molecule has 1 aliphatic heterocycles. The Balaban J connectivity index is 1.37. The molecule has 2 heterocycles. The molecule has 0 unspecified atom stereocenters. The third-order valence-corrected chi connectivity index (χ3v) is 7.35. The van der Waals surface area contributed by atoms with Crippen LogP contribution in [-0.2, 0) is 13.1 Å². The summed E-state index contributed by atoms with van der Waals surface area (Å²) in [7, 11) is 0. The molecule has 0 radical (unpaired) electrons. The summed E-state index contributed by atoms with van der Waals surface area (Å²) in [5.74, 6) is -2.01. The van der Waals surface area contributed by atoms with E-state index in [1.54, 1.807) is 60.7 Å². The van der Waals surface area contributed by atoms with Gasteiger partial charge in [0.2, 0.25) is 0 Å². The average Bonchev–Trinajstić information content (AvgIpc) is 3.46. The highest BCUT2D eigenvalue weighted by atomic mass is 35.5. The van der Waals surface area contributed by atoms with Crippen LogP contribution in [0.25, 0.3) is 11.1 Å². The molecule has 196 valence electrons. The zero-order valence-corrected chi connectivity index (χ0v) is 21.6.